The topological polar surface area (TPSA) is 38.0 Å². The maximum Gasteiger partial charge on any atom is 0.00966 e. The van der Waals surface area contributed by atoms with Crippen molar-refractivity contribution in [3.63, 3.8) is 0 Å². The Labute approximate surface area is 88.6 Å². The highest BCUT2D eigenvalue weighted by Gasteiger charge is 2.21. The normalized spacial score (nSPS) is 29.1. The summed E-state index contributed by atoms with van der Waals surface area (Å²) in [5.74, 6) is 1.69. The average molecular weight is 198 g/mol. The Morgan fingerprint density at radius 2 is 1.57 bits per heavy atom. The van der Waals surface area contributed by atoms with E-state index in [1.165, 1.54) is 32.2 Å². The van der Waals surface area contributed by atoms with Crippen LogP contribution >= 0.6 is 0 Å². The van der Waals surface area contributed by atoms with Crippen LogP contribution in [0.2, 0.25) is 0 Å². The van der Waals surface area contributed by atoms with Gasteiger partial charge in [-0.25, -0.2) is 0 Å². The highest BCUT2D eigenvalue weighted by molar-refractivity contribution is 4.78. The summed E-state index contributed by atoms with van der Waals surface area (Å²) in [4.78, 5) is 0. The van der Waals surface area contributed by atoms with Crippen LogP contribution in [0.4, 0.5) is 0 Å². The van der Waals surface area contributed by atoms with Crippen LogP contribution in [-0.4, -0.2) is 18.6 Å². The Morgan fingerprint density at radius 3 is 2.00 bits per heavy atom. The van der Waals surface area contributed by atoms with Gasteiger partial charge < -0.3 is 11.1 Å². The molecule has 0 unspecified atom stereocenters. The number of hydrogen-bond acceptors (Lipinski definition) is 2. The molecule has 84 valence electrons. The number of nitrogens with two attached hydrogens (primary N) is 1. The van der Waals surface area contributed by atoms with E-state index in [4.69, 9.17) is 5.73 Å². The molecule has 0 aromatic rings. The summed E-state index contributed by atoms with van der Waals surface area (Å²) in [6.07, 6.45) is 5.41. The SMILES string of the molecule is CC(C)(C)NCC1CCC(CN)CC1. The second-order valence-corrected chi connectivity index (χ2v) is 5.75. The summed E-state index contributed by atoms with van der Waals surface area (Å²) in [5.41, 5.74) is 5.94. The molecule has 0 heterocycles. The van der Waals surface area contributed by atoms with Crippen LogP contribution in [0.25, 0.3) is 0 Å². The monoisotopic (exact) mass is 198 g/mol. The Balaban J connectivity index is 2.16. The van der Waals surface area contributed by atoms with Crippen LogP contribution in [0.15, 0.2) is 0 Å². The van der Waals surface area contributed by atoms with Crippen LogP contribution in [0.5, 0.6) is 0 Å². The van der Waals surface area contributed by atoms with Crippen molar-refractivity contribution in [3.8, 4) is 0 Å². The summed E-state index contributed by atoms with van der Waals surface area (Å²) < 4.78 is 0. The Bertz CT molecular complexity index is 152. The van der Waals surface area contributed by atoms with Crippen LogP contribution in [-0.2, 0) is 0 Å². The molecule has 1 aliphatic rings. The van der Waals surface area contributed by atoms with Gasteiger partial charge in [0, 0.05) is 5.54 Å². The van der Waals surface area contributed by atoms with Crippen molar-refractivity contribution in [1.29, 1.82) is 0 Å². The molecule has 14 heavy (non-hydrogen) atoms. The Hall–Kier alpha value is -0.0800. The van der Waals surface area contributed by atoms with Crippen molar-refractivity contribution in [2.75, 3.05) is 13.1 Å². The quantitative estimate of drug-likeness (QED) is 0.729. The van der Waals surface area contributed by atoms with Gasteiger partial charge in [0.25, 0.3) is 0 Å². The van der Waals surface area contributed by atoms with Crippen LogP contribution in [0, 0.1) is 11.8 Å². The molecule has 0 aromatic carbocycles. The molecule has 0 radical (unpaired) electrons. The van der Waals surface area contributed by atoms with E-state index in [0.29, 0.717) is 0 Å². The van der Waals surface area contributed by atoms with Gasteiger partial charge in [-0.05, 0) is 71.4 Å². The van der Waals surface area contributed by atoms with Crippen LogP contribution in [0.1, 0.15) is 46.5 Å². The van der Waals surface area contributed by atoms with E-state index in [9.17, 15) is 0 Å². The lowest BCUT2D eigenvalue weighted by atomic mass is 9.82. The molecule has 0 bridgehead atoms. The zero-order valence-electron chi connectivity index (χ0n) is 9.97. The minimum atomic E-state index is 0.269. The van der Waals surface area contributed by atoms with Crippen molar-refractivity contribution in [2.45, 2.75) is 52.0 Å². The molecule has 0 atom stereocenters. The molecule has 0 saturated heterocycles. The van der Waals surface area contributed by atoms with E-state index in [1.54, 1.807) is 0 Å². The van der Waals surface area contributed by atoms with E-state index < -0.39 is 0 Å². The summed E-state index contributed by atoms with van der Waals surface area (Å²) in [5, 5.41) is 3.59. The lowest BCUT2D eigenvalue weighted by Gasteiger charge is -2.30. The smallest absolute Gasteiger partial charge is 0.00966 e. The summed E-state index contributed by atoms with van der Waals surface area (Å²) >= 11 is 0. The third-order valence-electron chi connectivity index (χ3n) is 3.22. The van der Waals surface area contributed by atoms with Crippen molar-refractivity contribution < 1.29 is 0 Å². The van der Waals surface area contributed by atoms with E-state index in [1.807, 2.05) is 0 Å². The molecule has 2 nitrogen and oxygen atoms in total. The molecule has 1 aliphatic carbocycles. The van der Waals surface area contributed by atoms with Crippen molar-refractivity contribution >= 4 is 0 Å². The standard InChI is InChI=1S/C12H26N2/c1-12(2,3)14-9-11-6-4-10(8-13)5-7-11/h10-11,14H,4-9,13H2,1-3H3. The van der Waals surface area contributed by atoms with E-state index in [0.717, 1.165) is 18.4 Å². The molecule has 1 rings (SSSR count). The second-order valence-electron chi connectivity index (χ2n) is 5.75. The highest BCUT2D eigenvalue weighted by Crippen LogP contribution is 2.27. The molecule has 2 heteroatoms. The van der Waals surface area contributed by atoms with E-state index in [-0.39, 0.29) is 5.54 Å². The number of hydrogen-bond donors (Lipinski definition) is 2. The number of rotatable bonds is 3. The Kier molecular flexibility index (Phi) is 4.39. The first-order valence-corrected chi connectivity index (χ1v) is 5.96. The zero-order chi connectivity index (χ0) is 10.6. The average Bonchev–Trinajstić information content (AvgIpc) is 2.14. The maximum atomic E-state index is 5.68. The van der Waals surface area contributed by atoms with Gasteiger partial charge in [-0.3, -0.25) is 0 Å². The summed E-state index contributed by atoms with van der Waals surface area (Å²) in [7, 11) is 0. The van der Waals surface area contributed by atoms with Gasteiger partial charge in [-0.2, -0.15) is 0 Å². The van der Waals surface area contributed by atoms with Gasteiger partial charge in [-0.15, -0.1) is 0 Å². The first-order valence-electron chi connectivity index (χ1n) is 5.96. The van der Waals surface area contributed by atoms with Crippen LogP contribution in [0.3, 0.4) is 0 Å². The molecule has 0 aliphatic heterocycles. The minimum absolute atomic E-state index is 0.269. The summed E-state index contributed by atoms with van der Waals surface area (Å²) in [6.45, 7) is 8.77. The van der Waals surface area contributed by atoms with E-state index >= 15 is 0 Å². The molecule has 0 spiro atoms. The predicted octanol–water partition coefficient (Wildman–Crippen LogP) is 2.14. The van der Waals surface area contributed by atoms with Gasteiger partial charge in [0.15, 0.2) is 0 Å². The first-order chi connectivity index (χ1) is 6.51. The van der Waals surface area contributed by atoms with Gasteiger partial charge in [-0.1, -0.05) is 0 Å². The predicted molar refractivity (Wildman–Crippen MR) is 62.3 cm³/mol. The largest absolute Gasteiger partial charge is 0.330 e. The first kappa shape index (κ1) is 12.0. The second kappa shape index (κ2) is 5.13. The molecule has 1 fully saturated rings. The fraction of sp³-hybridized carbons (Fsp3) is 1.00. The lowest BCUT2D eigenvalue weighted by Crippen LogP contribution is -2.40. The molecular formula is C12H26N2. The Morgan fingerprint density at radius 1 is 1.07 bits per heavy atom. The third kappa shape index (κ3) is 4.43. The lowest BCUT2D eigenvalue weighted by molar-refractivity contribution is 0.255. The maximum absolute atomic E-state index is 5.68. The van der Waals surface area contributed by atoms with Gasteiger partial charge in [0.05, 0.1) is 0 Å². The van der Waals surface area contributed by atoms with Gasteiger partial charge in [0.2, 0.25) is 0 Å². The minimum Gasteiger partial charge on any atom is -0.330 e. The third-order valence-corrected chi connectivity index (χ3v) is 3.22. The molecule has 1 saturated carbocycles. The fourth-order valence-electron chi connectivity index (χ4n) is 2.12. The van der Waals surface area contributed by atoms with E-state index in [2.05, 4.69) is 26.1 Å². The molecule has 0 amide bonds. The van der Waals surface area contributed by atoms with Gasteiger partial charge in [0.1, 0.15) is 0 Å². The van der Waals surface area contributed by atoms with Crippen molar-refractivity contribution in [1.82, 2.24) is 5.32 Å². The zero-order valence-corrected chi connectivity index (χ0v) is 9.97. The van der Waals surface area contributed by atoms with Crippen LogP contribution < -0.4 is 11.1 Å². The van der Waals surface area contributed by atoms with Crippen molar-refractivity contribution in [3.05, 3.63) is 0 Å². The summed E-state index contributed by atoms with van der Waals surface area (Å²) in [6, 6.07) is 0. The van der Waals surface area contributed by atoms with Gasteiger partial charge >= 0.3 is 0 Å². The fourth-order valence-corrected chi connectivity index (χ4v) is 2.12. The molecule has 3 N–H and O–H groups in total. The van der Waals surface area contributed by atoms with Crippen molar-refractivity contribution in [2.24, 2.45) is 17.6 Å². The molecule has 0 aromatic heterocycles. The molecular weight excluding hydrogens is 172 g/mol. The highest BCUT2D eigenvalue weighted by atomic mass is 14.9. The number of nitrogens with one attached hydrogen (secondary N) is 1.